The van der Waals surface area contributed by atoms with E-state index >= 15 is 0 Å². The molecule has 0 aromatic rings. The second-order valence-corrected chi connectivity index (χ2v) is 0.971. The molecule has 0 spiro atoms. The monoisotopic (exact) mass is 111 g/mol. The standard InChI is InChI=1S/C4H7O2.Li.H2O/c5-3-1-2-4-6;;/h5H,1-3H2;;1H2/q-1;+1;/p-1. The van der Waals surface area contributed by atoms with Gasteiger partial charge in [0, 0.05) is 6.61 Å². The normalized spacial score (nSPS) is 6.12. The first-order valence-corrected chi connectivity index (χ1v) is 1.87. The number of hydrogen-bond donors (Lipinski definition) is 1. The van der Waals surface area contributed by atoms with Crippen molar-refractivity contribution in [2.75, 3.05) is 6.61 Å². The maximum absolute atomic E-state index is 9.33. The van der Waals surface area contributed by atoms with E-state index in [0.29, 0.717) is 12.8 Å². The van der Waals surface area contributed by atoms with Gasteiger partial charge in [0.15, 0.2) is 0 Å². The molecule has 0 aliphatic rings. The first-order chi connectivity index (χ1) is 2.91. The van der Waals surface area contributed by atoms with Crippen molar-refractivity contribution in [1.82, 2.24) is 0 Å². The predicted molar refractivity (Wildman–Crippen MR) is 23.9 cm³/mol. The molecule has 0 heterocycles. The van der Waals surface area contributed by atoms with Gasteiger partial charge in [-0.2, -0.15) is 6.42 Å². The number of aliphatic hydroxyl groups is 1. The Hall–Kier alpha value is 0.187. The molecule has 0 unspecified atom stereocenters. The van der Waals surface area contributed by atoms with Gasteiger partial charge in [0.2, 0.25) is 0 Å². The Labute approximate surface area is 60.6 Å². The minimum Gasteiger partial charge on any atom is -0.870 e. The second-order valence-electron chi connectivity index (χ2n) is 0.971. The molecule has 0 radical (unpaired) electrons. The fourth-order valence-electron chi connectivity index (χ4n) is 0.151. The summed E-state index contributed by atoms with van der Waals surface area (Å²) in [5, 5.41) is 8.02. The molecule has 3 nitrogen and oxygen atoms in total. The minimum atomic E-state index is 0. The number of unbranched alkanes of at least 4 members (excludes halogenated alkanes) is 1. The van der Waals surface area contributed by atoms with Gasteiger partial charge in [-0.05, 0) is 0 Å². The van der Waals surface area contributed by atoms with Crippen molar-refractivity contribution in [2.24, 2.45) is 0 Å². The Morgan fingerprint density at radius 2 is 2.00 bits per heavy atom. The van der Waals surface area contributed by atoms with Gasteiger partial charge in [0.1, 0.15) is 0 Å². The molecular formula is C4H8LiO3-. The molecule has 0 aliphatic carbocycles. The van der Waals surface area contributed by atoms with E-state index in [0.717, 1.165) is 0 Å². The molecule has 0 atom stereocenters. The Balaban J connectivity index is -0.000000125. The molecule has 44 valence electrons. The summed E-state index contributed by atoms with van der Waals surface area (Å²) < 4.78 is 0. The Kier molecular flexibility index (Phi) is 30.8. The molecule has 0 fully saturated rings. The number of hydrogen-bond acceptors (Lipinski definition) is 3. The van der Waals surface area contributed by atoms with Crippen LogP contribution in [-0.2, 0) is 4.79 Å². The van der Waals surface area contributed by atoms with Crippen molar-refractivity contribution in [1.29, 1.82) is 0 Å². The Bertz CT molecular complexity index is 40.3. The summed E-state index contributed by atoms with van der Waals surface area (Å²) in [5.74, 6) is 0. The summed E-state index contributed by atoms with van der Waals surface area (Å²) in [6, 6.07) is 0. The first-order valence-electron chi connectivity index (χ1n) is 1.87. The average Bonchev–Trinajstić information content (AvgIpc) is 1.61. The number of carbonyl (C=O) groups excluding carboxylic acids is 1. The third kappa shape index (κ3) is 16.4. The van der Waals surface area contributed by atoms with Crippen molar-refractivity contribution < 1.29 is 34.2 Å². The first kappa shape index (κ1) is 15.7. The van der Waals surface area contributed by atoms with Gasteiger partial charge in [-0.3, -0.25) is 6.29 Å². The fraction of sp³-hybridized carbons (Fsp3) is 0.750. The summed E-state index contributed by atoms with van der Waals surface area (Å²) >= 11 is 0. The number of aliphatic hydroxyl groups excluding tert-OH is 1. The quantitative estimate of drug-likeness (QED) is 0.235. The summed E-state index contributed by atoms with van der Waals surface area (Å²) in [4.78, 5) is 9.33. The molecule has 0 bridgehead atoms. The van der Waals surface area contributed by atoms with Gasteiger partial charge in [-0.15, -0.1) is 0 Å². The zero-order valence-corrected chi connectivity index (χ0v) is 4.92. The zero-order chi connectivity index (χ0) is 4.83. The SMILES string of the molecule is O=[C-]CCCO.[Li+].[OH-]. The van der Waals surface area contributed by atoms with Crippen LogP contribution in [0.25, 0.3) is 0 Å². The van der Waals surface area contributed by atoms with Crippen LogP contribution in [0.1, 0.15) is 12.8 Å². The van der Waals surface area contributed by atoms with E-state index in [-0.39, 0.29) is 30.9 Å². The fourth-order valence-corrected chi connectivity index (χ4v) is 0.151. The molecule has 0 saturated heterocycles. The molecule has 8 heavy (non-hydrogen) atoms. The van der Waals surface area contributed by atoms with Gasteiger partial charge < -0.3 is 15.4 Å². The maximum Gasteiger partial charge on any atom is 1.00 e. The summed E-state index contributed by atoms with van der Waals surface area (Å²) in [5.41, 5.74) is 0. The summed E-state index contributed by atoms with van der Waals surface area (Å²) in [6.45, 7) is 0.0925. The maximum atomic E-state index is 9.33. The van der Waals surface area contributed by atoms with Crippen LogP contribution < -0.4 is 18.9 Å². The van der Waals surface area contributed by atoms with Crippen molar-refractivity contribution in [3.63, 3.8) is 0 Å². The van der Waals surface area contributed by atoms with E-state index in [2.05, 4.69) is 0 Å². The van der Waals surface area contributed by atoms with Gasteiger partial charge in [-0.1, -0.05) is 6.42 Å². The third-order valence-electron chi connectivity index (χ3n) is 0.437. The van der Waals surface area contributed by atoms with E-state index in [1.807, 2.05) is 0 Å². The topological polar surface area (TPSA) is 67.3 Å². The predicted octanol–water partition coefficient (Wildman–Crippen LogP) is -3.30. The molecule has 0 amide bonds. The summed E-state index contributed by atoms with van der Waals surface area (Å²) in [6.07, 6.45) is 2.56. The van der Waals surface area contributed by atoms with Crippen molar-refractivity contribution in [3.8, 4) is 0 Å². The van der Waals surface area contributed by atoms with Crippen LogP contribution in [0.3, 0.4) is 0 Å². The van der Waals surface area contributed by atoms with E-state index < -0.39 is 0 Å². The Morgan fingerprint density at radius 3 is 2.12 bits per heavy atom. The Morgan fingerprint density at radius 1 is 1.50 bits per heavy atom. The molecule has 2 N–H and O–H groups in total. The van der Waals surface area contributed by atoms with Crippen LogP contribution in [-0.4, -0.2) is 23.5 Å². The molecule has 0 aliphatic heterocycles. The molecule has 0 aromatic heterocycles. The molecule has 0 rings (SSSR count). The molecular weight excluding hydrogens is 103 g/mol. The largest absolute Gasteiger partial charge is 1.00 e. The van der Waals surface area contributed by atoms with E-state index in [9.17, 15) is 4.79 Å². The van der Waals surface area contributed by atoms with E-state index in [1.165, 1.54) is 0 Å². The zero-order valence-electron chi connectivity index (χ0n) is 4.92. The summed E-state index contributed by atoms with van der Waals surface area (Å²) in [7, 11) is 0. The van der Waals surface area contributed by atoms with E-state index in [4.69, 9.17) is 5.11 Å². The smallest absolute Gasteiger partial charge is 0.870 e. The molecule has 4 heteroatoms. The van der Waals surface area contributed by atoms with E-state index in [1.54, 1.807) is 6.29 Å². The van der Waals surface area contributed by atoms with Gasteiger partial charge in [-0.25, -0.2) is 0 Å². The van der Waals surface area contributed by atoms with Crippen LogP contribution >= 0.6 is 0 Å². The van der Waals surface area contributed by atoms with Crippen LogP contribution in [0.15, 0.2) is 0 Å². The third-order valence-corrected chi connectivity index (χ3v) is 0.437. The molecule has 0 saturated carbocycles. The second kappa shape index (κ2) is 15.7. The van der Waals surface area contributed by atoms with Crippen LogP contribution in [0.4, 0.5) is 0 Å². The van der Waals surface area contributed by atoms with Crippen LogP contribution in [0.2, 0.25) is 0 Å². The minimum absolute atomic E-state index is 0. The number of rotatable bonds is 3. The van der Waals surface area contributed by atoms with Crippen LogP contribution in [0, 0.1) is 0 Å². The van der Waals surface area contributed by atoms with Crippen molar-refractivity contribution in [3.05, 3.63) is 0 Å². The molecule has 0 aromatic carbocycles. The van der Waals surface area contributed by atoms with Crippen molar-refractivity contribution >= 4 is 6.29 Å². The van der Waals surface area contributed by atoms with Gasteiger partial charge >= 0.3 is 18.9 Å². The van der Waals surface area contributed by atoms with Gasteiger partial charge in [0.05, 0.1) is 0 Å². The van der Waals surface area contributed by atoms with Gasteiger partial charge in [0.25, 0.3) is 0 Å². The average molecular weight is 111 g/mol. The van der Waals surface area contributed by atoms with Crippen molar-refractivity contribution in [2.45, 2.75) is 12.8 Å². The van der Waals surface area contributed by atoms with Crippen LogP contribution in [0.5, 0.6) is 0 Å².